The third kappa shape index (κ3) is 2.69. The van der Waals surface area contributed by atoms with E-state index in [9.17, 15) is 4.79 Å². The fourth-order valence-corrected chi connectivity index (χ4v) is 3.90. The number of carbonyl (C=O) groups is 1. The molecule has 1 aliphatic heterocycles. The molecule has 2 atom stereocenters. The first-order chi connectivity index (χ1) is 9.16. The first-order valence-electron chi connectivity index (χ1n) is 6.54. The Morgan fingerprint density at radius 1 is 1.42 bits per heavy atom. The summed E-state index contributed by atoms with van der Waals surface area (Å²) in [6.45, 7) is 1.37. The van der Waals surface area contributed by atoms with E-state index in [0.29, 0.717) is 13.2 Å². The van der Waals surface area contributed by atoms with Gasteiger partial charge in [-0.3, -0.25) is 4.79 Å². The molecule has 1 aliphatic carbocycles. The minimum Gasteiger partial charge on any atom is -0.374 e. The van der Waals surface area contributed by atoms with Crippen molar-refractivity contribution < 1.29 is 9.53 Å². The van der Waals surface area contributed by atoms with Crippen LogP contribution in [-0.2, 0) is 4.74 Å². The Morgan fingerprint density at radius 2 is 2.26 bits per heavy atom. The molecule has 0 bridgehead atoms. The first-order valence-corrected chi connectivity index (χ1v) is 8.41. The van der Waals surface area contributed by atoms with Crippen molar-refractivity contribution in [2.75, 3.05) is 13.2 Å². The number of halogens is 2. The van der Waals surface area contributed by atoms with Gasteiger partial charge in [0.1, 0.15) is 0 Å². The van der Waals surface area contributed by atoms with Gasteiger partial charge < -0.3 is 9.64 Å². The van der Waals surface area contributed by atoms with Gasteiger partial charge in [0.25, 0.3) is 5.91 Å². The van der Waals surface area contributed by atoms with Gasteiger partial charge >= 0.3 is 0 Å². The van der Waals surface area contributed by atoms with E-state index in [4.69, 9.17) is 4.74 Å². The third-order valence-electron chi connectivity index (χ3n) is 3.90. The number of rotatable bonds is 1. The number of nitrogens with zero attached hydrogens (tertiary/aromatic N) is 1. The van der Waals surface area contributed by atoms with Gasteiger partial charge in [0.15, 0.2) is 0 Å². The number of carbonyl (C=O) groups excluding carboxylic acids is 1. The summed E-state index contributed by atoms with van der Waals surface area (Å²) in [6.07, 6.45) is 3.56. The highest BCUT2D eigenvalue weighted by Gasteiger charge is 2.38. The monoisotopic (exact) mass is 435 g/mol. The van der Waals surface area contributed by atoms with E-state index in [-0.39, 0.29) is 18.1 Å². The molecule has 0 N–H and O–H groups in total. The van der Waals surface area contributed by atoms with E-state index in [1.54, 1.807) is 0 Å². The molecule has 1 aromatic carbocycles. The fraction of sp³-hybridized carbons (Fsp3) is 0.500. The van der Waals surface area contributed by atoms with Crippen molar-refractivity contribution in [3.8, 4) is 0 Å². The van der Waals surface area contributed by atoms with Gasteiger partial charge in [-0.2, -0.15) is 0 Å². The number of amides is 1. The van der Waals surface area contributed by atoms with E-state index in [0.717, 1.165) is 32.9 Å². The Kier molecular flexibility index (Phi) is 4.14. The van der Waals surface area contributed by atoms with Gasteiger partial charge in [-0.1, -0.05) is 0 Å². The molecule has 2 fully saturated rings. The zero-order valence-electron chi connectivity index (χ0n) is 10.4. The Morgan fingerprint density at radius 3 is 3.11 bits per heavy atom. The molecule has 102 valence electrons. The zero-order chi connectivity index (χ0) is 13.4. The van der Waals surface area contributed by atoms with Crippen LogP contribution in [0.2, 0.25) is 0 Å². The summed E-state index contributed by atoms with van der Waals surface area (Å²) < 4.78 is 7.72. The molecule has 1 heterocycles. The highest BCUT2D eigenvalue weighted by Crippen LogP contribution is 2.32. The summed E-state index contributed by atoms with van der Waals surface area (Å²) in [5.74, 6) is 0.130. The maximum Gasteiger partial charge on any atom is 0.255 e. The van der Waals surface area contributed by atoms with Gasteiger partial charge in [-0.25, -0.2) is 0 Å². The standard InChI is InChI=1S/C14H15BrINO2/c15-11-5-4-9(16)8-10(11)14(18)17-6-7-19-13-3-1-2-12(13)17/h4-5,8,12-13H,1-3,6-7H2. The Hall–Kier alpha value is -0.140. The van der Waals surface area contributed by atoms with Gasteiger partial charge in [0, 0.05) is 14.6 Å². The number of hydrogen-bond acceptors (Lipinski definition) is 2. The lowest BCUT2D eigenvalue weighted by molar-refractivity contribution is -0.0445. The van der Waals surface area contributed by atoms with Crippen LogP contribution in [0.1, 0.15) is 29.6 Å². The van der Waals surface area contributed by atoms with Crippen molar-refractivity contribution in [3.63, 3.8) is 0 Å². The second-order valence-electron chi connectivity index (χ2n) is 5.03. The van der Waals surface area contributed by atoms with E-state index in [1.807, 2.05) is 23.1 Å². The molecule has 0 aromatic heterocycles. The van der Waals surface area contributed by atoms with Gasteiger partial charge in [0.05, 0.1) is 24.3 Å². The first kappa shape index (κ1) is 13.8. The second kappa shape index (κ2) is 5.69. The van der Waals surface area contributed by atoms with Crippen molar-refractivity contribution in [3.05, 3.63) is 31.8 Å². The summed E-state index contributed by atoms with van der Waals surface area (Å²) in [5, 5.41) is 0. The molecule has 1 saturated heterocycles. The van der Waals surface area contributed by atoms with E-state index < -0.39 is 0 Å². The summed E-state index contributed by atoms with van der Waals surface area (Å²) in [4.78, 5) is 14.8. The molecule has 2 aliphatic rings. The molecule has 3 rings (SSSR count). The minimum absolute atomic E-state index is 0.130. The fourth-order valence-electron chi connectivity index (χ4n) is 2.99. The lowest BCUT2D eigenvalue weighted by atomic mass is 10.1. The van der Waals surface area contributed by atoms with Crippen LogP contribution >= 0.6 is 38.5 Å². The zero-order valence-corrected chi connectivity index (χ0v) is 14.2. The van der Waals surface area contributed by atoms with Crippen LogP contribution in [0, 0.1) is 3.57 Å². The van der Waals surface area contributed by atoms with E-state index in [1.165, 1.54) is 0 Å². The van der Waals surface area contributed by atoms with Crippen molar-refractivity contribution in [1.29, 1.82) is 0 Å². The molecule has 19 heavy (non-hydrogen) atoms. The molecule has 0 radical (unpaired) electrons. The predicted octanol–water partition coefficient (Wildman–Crippen LogP) is 3.45. The number of benzene rings is 1. The summed E-state index contributed by atoms with van der Waals surface area (Å²) >= 11 is 5.73. The van der Waals surface area contributed by atoms with Crippen molar-refractivity contribution >= 4 is 44.4 Å². The molecule has 5 heteroatoms. The smallest absolute Gasteiger partial charge is 0.255 e. The summed E-state index contributed by atoms with van der Waals surface area (Å²) in [6, 6.07) is 6.17. The second-order valence-corrected chi connectivity index (χ2v) is 7.13. The van der Waals surface area contributed by atoms with Crippen LogP contribution in [0.15, 0.2) is 22.7 Å². The molecule has 2 unspecified atom stereocenters. The van der Waals surface area contributed by atoms with Gasteiger partial charge in [0.2, 0.25) is 0 Å². The lowest BCUT2D eigenvalue weighted by Gasteiger charge is -2.37. The highest BCUT2D eigenvalue weighted by molar-refractivity contribution is 14.1. The summed E-state index contributed by atoms with van der Waals surface area (Å²) in [5.41, 5.74) is 0.763. The molecular weight excluding hydrogens is 421 g/mol. The van der Waals surface area contributed by atoms with Crippen LogP contribution in [0.3, 0.4) is 0 Å². The Labute approximate surface area is 135 Å². The van der Waals surface area contributed by atoms with Crippen molar-refractivity contribution in [1.82, 2.24) is 4.90 Å². The molecule has 1 aromatic rings. The molecule has 3 nitrogen and oxygen atoms in total. The number of fused-ring (bicyclic) bond motifs is 1. The highest BCUT2D eigenvalue weighted by atomic mass is 127. The number of morpholine rings is 1. The largest absolute Gasteiger partial charge is 0.374 e. The maximum absolute atomic E-state index is 12.8. The molecule has 0 spiro atoms. The predicted molar refractivity (Wildman–Crippen MR) is 85.3 cm³/mol. The summed E-state index contributed by atoms with van der Waals surface area (Å²) in [7, 11) is 0. The number of hydrogen-bond donors (Lipinski definition) is 0. The SMILES string of the molecule is O=C(c1cc(I)ccc1Br)N1CCOC2CCCC21. The minimum atomic E-state index is 0.130. The Balaban J connectivity index is 1.88. The maximum atomic E-state index is 12.8. The lowest BCUT2D eigenvalue weighted by Crippen LogP contribution is -2.51. The van der Waals surface area contributed by atoms with Crippen molar-refractivity contribution in [2.24, 2.45) is 0 Å². The Bertz CT molecular complexity index is 508. The van der Waals surface area contributed by atoms with Crippen LogP contribution in [0.5, 0.6) is 0 Å². The van der Waals surface area contributed by atoms with Crippen LogP contribution in [-0.4, -0.2) is 36.1 Å². The van der Waals surface area contributed by atoms with E-state index in [2.05, 4.69) is 38.5 Å². The number of ether oxygens (including phenoxy) is 1. The van der Waals surface area contributed by atoms with Crippen molar-refractivity contribution in [2.45, 2.75) is 31.4 Å². The van der Waals surface area contributed by atoms with Crippen LogP contribution in [0.4, 0.5) is 0 Å². The molecule has 1 amide bonds. The topological polar surface area (TPSA) is 29.5 Å². The van der Waals surface area contributed by atoms with Gasteiger partial charge in [-0.15, -0.1) is 0 Å². The third-order valence-corrected chi connectivity index (χ3v) is 5.26. The van der Waals surface area contributed by atoms with E-state index >= 15 is 0 Å². The van der Waals surface area contributed by atoms with Gasteiger partial charge in [-0.05, 0) is 76.0 Å². The van der Waals surface area contributed by atoms with Crippen LogP contribution < -0.4 is 0 Å². The quantitative estimate of drug-likeness (QED) is 0.632. The van der Waals surface area contributed by atoms with Crippen LogP contribution in [0.25, 0.3) is 0 Å². The molecule has 1 saturated carbocycles. The average Bonchev–Trinajstić information content (AvgIpc) is 2.89. The average molecular weight is 436 g/mol. The normalized spacial score (nSPS) is 26.3. The molecular formula is C14H15BrINO2.